The number of carbonyl (C=O) groups is 2. The smallest absolute Gasteiger partial charge is 0.318 e. The summed E-state index contributed by atoms with van der Waals surface area (Å²) < 4.78 is 5.16. The number of ether oxygens (including phenoxy) is 1. The topological polar surface area (TPSA) is 73.9 Å². The molecule has 0 spiro atoms. The third kappa shape index (κ3) is 5.96. The van der Waals surface area contributed by atoms with Crippen molar-refractivity contribution in [1.29, 1.82) is 0 Å². The molecule has 0 aromatic heterocycles. The van der Waals surface area contributed by atoms with Gasteiger partial charge in [0.05, 0.1) is 7.11 Å². The maximum Gasteiger partial charge on any atom is 0.318 e. The number of amides is 3. The van der Waals surface area contributed by atoms with Gasteiger partial charge in [-0.3, -0.25) is 9.69 Å². The molecule has 2 aromatic carbocycles. The van der Waals surface area contributed by atoms with Gasteiger partial charge in [-0.25, -0.2) is 4.79 Å². The Morgan fingerprint density at radius 1 is 1.03 bits per heavy atom. The van der Waals surface area contributed by atoms with Crippen LogP contribution in [0.1, 0.15) is 12.5 Å². The number of urea groups is 1. The van der Waals surface area contributed by atoms with Crippen LogP contribution in [0.2, 0.25) is 0 Å². The molecule has 7 nitrogen and oxygen atoms in total. The quantitative estimate of drug-likeness (QED) is 0.787. The number of piperazine rings is 1. The van der Waals surface area contributed by atoms with E-state index < -0.39 is 6.04 Å². The Morgan fingerprint density at radius 3 is 2.45 bits per heavy atom. The second-order valence-electron chi connectivity index (χ2n) is 7.14. The van der Waals surface area contributed by atoms with E-state index in [4.69, 9.17) is 4.74 Å². The van der Waals surface area contributed by atoms with E-state index in [9.17, 15) is 9.59 Å². The van der Waals surface area contributed by atoms with E-state index in [2.05, 4.69) is 27.7 Å². The van der Waals surface area contributed by atoms with Crippen LogP contribution in [-0.2, 0) is 11.3 Å². The van der Waals surface area contributed by atoms with Gasteiger partial charge >= 0.3 is 6.03 Å². The number of nitrogens with one attached hydrogen (secondary N) is 2. The number of methoxy groups -OCH3 is 1. The minimum Gasteiger partial charge on any atom is -0.497 e. The zero-order chi connectivity index (χ0) is 20.6. The van der Waals surface area contributed by atoms with Crippen molar-refractivity contribution < 1.29 is 14.3 Å². The molecule has 1 fully saturated rings. The van der Waals surface area contributed by atoms with E-state index >= 15 is 0 Å². The van der Waals surface area contributed by atoms with Crippen molar-refractivity contribution in [3.8, 4) is 5.75 Å². The fourth-order valence-corrected chi connectivity index (χ4v) is 3.24. The maximum atomic E-state index is 12.5. The van der Waals surface area contributed by atoms with Gasteiger partial charge < -0.3 is 20.3 Å². The summed E-state index contributed by atoms with van der Waals surface area (Å²) in [5, 5.41) is 5.59. The van der Waals surface area contributed by atoms with Gasteiger partial charge in [-0.2, -0.15) is 0 Å². The van der Waals surface area contributed by atoms with Gasteiger partial charge in [0.15, 0.2) is 0 Å². The van der Waals surface area contributed by atoms with Crippen LogP contribution in [-0.4, -0.2) is 61.1 Å². The molecule has 0 unspecified atom stereocenters. The summed E-state index contributed by atoms with van der Waals surface area (Å²) >= 11 is 0. The molecule has 1 heterocycles. The summed E-state index contributed by atoms with van der Waals surface area (Å²) in [5.41, 5.74) is 1.90. The van der Waals surface area contributed by atoms with Crippen molar-refractivity contribution in [3.63, 3.8) is 0 Å². The first-order valence-corrected chi connectivity index (χ1v) is 9.82. The highest BCUT2D eigenvalue weighted by Gasteiger charge is 2.24. The third-order valence-corrected chi connectivity index (χ3v) is 4.98. The average molecular weight is 396 g/mol. The van der Waals surface area contributed by atoms with Crippen LogP contribution in [0.15, 0.2) is 54.6 Å². The van der Waals surface area contributed by atoms with Gasteiger partial charge in [-0.15, -0.1) is 0 Å². The summed E-state index contributed by atoms with van der Waals surface area (Å²) in [6.45, 7) is 5.47. The van der Waals surface area contributed by atoms with Crippen LogP contribution in [0, 0.1) is 0 Å². The predicted molar refractivity (Wildman–Crippen MR) is 113 cm³/mol. The molecule has 3 amide bonds. The van der Waals surface area contributed by atoms with E-state index in [1.54, 1.807) is 43.2 Å². The minimum atomic E-state index is -0.643. The third-order valence-electron chi connectivity index (χ3n) is 4.98. The Balaban J connectivity index is 1.44. The van der Waals surface area contributed by atoms with Crippen LogP contribution in [0.3, 0.4) is 0 Å². The summed E-state index contributed by atoms with van der Waals surface area (Å²) in [4.78, 5) is 29.0. The summed E-state index contributed by atoms with van der Waals surface area (Å²) in [7, 11) is 1.57. The first-order chi connectivity index (χ1) is 14.0. The Hall–Kier alpha value is -3.06. The number of rotatable bonds is 6. The molecule has 7 heteroatoms. The summed E-state index contributed by atoms with van der Waals surface area (Å²) in [6.07, 6.45) is 0. The first-order valence-electron chi connectivity index (χ1n) is 9.82. The van der Waals surface area contributed by atoms with Crippen molar-refractivity contribution >= 4 is 17.6 Å². The Labute approximate surface area is 171 Å². The molecule has 1 atom stereocenters. The van der Waals surface area contributed by atoms with E-state index in [0.29, 0.717) is 24.5 Å². The highest BCUT2D eigenvalue weighted by Crippen LogP contribution is 2.17. The zero-order valence-corrected chi connectivity index (χ0v) is 16.9. The number of anilines is 1. The predicted octanol–water partition coefficient (Wildman–Crippen LogP) is 2.55. The summed E-state index contributed by atoms with van der Waals surface area (Å²) in [6, 6.07) is 16.6. The standard InChI is InChI=1S/C22H28N4O3/c1-17(21(27)24-19-9-6-10-20(15-19)29-2)23-22(28)26-13-11-25(12-14-26)16-18-7-4-3-5-8-18/h3-10,15,17H,11-14,16H2,1-2H3,(H,23,28)(H,24,27)/t17-/m0/s1. The lowest BCUT2D eigenvalue weighted by molar-refractivity contribution is -0.117. The van der Waals surface area contributed by atoms with Crippen LogP contribution in [0.25, 0.3) is 0 Å². The molecule has 29 heavy (non-hydrogen) atoms. The summed E-state index contributed by atoms with van der Waals surface area (Å²) in [5.74, 6) is 0.391. The average Bonchev–Trinajstić information content (AvgIpc) is 2.75. The van der Waals surface area contributed by atoms with E-state index in [-0.39, 0.29) is 11.9 Å². The molecule has 1 aliphatic heterocycles. The molecule has 0 radical (unpaired) electrons. The van der Waals surface area contributed by atoms with Crippen LogP contribution in [0.4, 0.5) is 10.5 Å². The van der Waals surface area contributed by atoms with Crippen LogP contribution >= 0.6 is 0 Å². The molecule has 3 rings (SSSR count). The van der Waals surface area contributed by atoms with Crippen molar-refractivity contribution in [2.24, 2.45) is 0 Å². The van der Waals surface area contributed by atoms with E-state index in [0.717, 1.165) is 19.6 Å². The van der Waals surface area contributed by atoms with Gasteiger partial charge in [0, 0.05) is 44.5 Å². The molecule has 0 saturated carbocycles. The van der Waals surface area contributed by atoms with Gasteiger partial charge in [-0.1, -0.05) is 36.4 Å². The highest BCUT2D eigenvalue weighted by molar-refractivity contribution is 5.96. The molecule has 2 N–H and O–H groups in total. The lowest BCUT2D eigenvalue weighted by Crippen LogP contribution is -2.54. The second-order valence-corrected chi connectivity index (χ2v) is 7.14. The normalized spacial score (nSPS) is 15.4. The molecular weight excluding hydrogens is 368 g/mol. The molecule has 0 aliphatic carbocycles. The van der Waals surface area contributed by atoms with Crippen LogP contribution < -0.4 is 15.4 Å². The van der Waals surface area contributed by atoms with Crippen LogP contribution in [0.5, 0.6) is 5.75 Å². The Morgan fingerprint density at radius 2 is 1.76 bits per heavy atom. The zero-order valence-electron chi connectivity index (χ0n) is 16.9. The lowest BCUT2D eigenvalue weighted by atomic mass is 10.2. The van der Waals surface area contributed by atoms with Crippen molar-refractivity contribution in [1.82, 2.24) is 15.1 Å². The highest BCUT2D eigenvalue weighted by atomic mass is 16.5. The maximum absolute atomic E-state index is 12.5. The monoisotopic (exact) mass is 396 g/mol. The Bertz CT molecular complexity index is 820. The van der Waals surface area contributed by atoms with Gasteiger partial charge in [0.25, 0.3) is 0 Å². The molecular formula is C22H28N4O3. The molecule has 1 saturated heterocycles. The van der Waals surface area contributed by atoms with Crippen molar-refractivity contribution in [3.05, 3.63) is 60.2 Å². The molecule has 0 bridgehead atoms. The first kappa shape index (κ1) is 20.7. The molecule has 154 valence electrons. The van der Waals surface area contributed by atoms with Crippen molar-refractivity contribution in [2.45, 2.75) is 19.5 Å². The minimum absolute atomic E-state index is 0.211. The number of benzene rings is 2. The fourth-order valence-electron chi connectivity index (χ4n) is 3.24. The SMILES string of the molecule is COc1cccc(NC(=O)[C@H](C)NC(=O)N2CCN(Cc3ccccc3)CC2)c1. The molecule has 2 aromatic rings. The molecule has 1 aliphatic rings. The largest absolute Gasteiger partial charge is 0.497 e. The van der Waals surface area contributed by atoms with Gasteiger partial charge in [0.1, 0.15) is 11.8 Å². The number of carbonyl (C=O) groups excluding carboxylic acids is 2. The number of nitrogens with zero attached hydrogens (tertiary/aromatic N) is 2. The van der Waals surface area contributed by atoms with Gasteiger partial charge in [0.2, 0.25) is 5.91 Å². The van der Waals surface area contributed by atoms with Crippen molar-refractivity contribution in [2.75, 3.05) is 38.6 Å². The lowest BCUT2D eigenvalue weighted by Gasteiger charge is -2.35. The second kappa shape index (κ2) is 9.93. The van der Waals surface area contributed by atoms with Gasteiger partial charge in [-0.05, 0) is 24.6 Å². The fraction of sp³-hybridized carbons (Fsp3) is 0.364. The number of hydrogen-bond acceptors (Lipinski definition) is 4. The Kier molecular flexibility index (Phi) is 7.08. The van der Waals surface area contributed by atoms with E-state index in [1.165, 1.54) is 5.56 Å². The number of hydrogen-bond donors (Lipinski definition) is 2. The van der Waals surface area contributed by atoms with E-state index in [1.807, 2.05) is 18.2 Å².